The van der Waals surface area contributed by atoms with Crippen LogP contribution in [0.5, 0.6) is 0 Å². The zero-order valence-corrected chi connectivity index (χ0v) is 15.6. The largest absolute Gasteiger partial charge is 0.361 e. The third kappa shape index (κ3) is 3.69. The number of carbonyl (C=O) groups is 2. The number of H-pyrrole nitrogens is 1. The summed E-state index contributed by atoms with van der Waals surface area (Å²) in [5, 5.41) is 1.73. The van der Waals surface area contributed by atoms with Gasteiger partial charge in [0.05, 0.1) is 0 Å². The van der Waals surface area contributed by atoms with Crippen LogP contribution in [0.4, 0.5) is 0 Å². The molecule has 0 saturated carbocycles. The number of hydrogen-bond donors (Lipinski definition) is 1. The number of nitrogens with zero attached hydrogens (tertiary/aromatic N) is 2. The fourth-order valence-corrected chi connectivity index (χ4v) is 3.63. The first kappa shape index (κ1) is 17.6. The molecule has 1 fully saturated rings. The maximum absolute atomic E-state index is 12.9. The summed E-state index contributed by atoms with van der Waals surface area (Å²) in [5.41, 5.74) is 2.49. The lowest BCUT2D eigenvalue weighted by Gasteiger charge is -2.23. The molecule has 1 aliphatic heterocycles. The Morgan fingerprint density at radius 1 is 1.07 bits per heavy atom. The first-order valence-corrected chi connectivity index (χ1v) is 9.37. The van der Waals surface area contributed by atoms with E-state index in [1.165, 1.54) is 0 Å². The van der Waals surface area contributed by atoms with E-state index >= 15 is 0 Å². The second kappa shape index (κ2) is 7.45. The Bertz CT molecular complexity index is 998. The average Bonchev–Trinajstić information content (AvgIpc) is 3.07. The number of halogens is 1. The van der Waals surface area contributed by atoms with Crippen LogP contribution in [0.25, 0.3) is 10.9 Å². The number of nitrogens with one attached hydrogen (secondary N) is 1. The van der Waals surface area contributed by atoms with E-state index in [1.807, 2.05) is 54.7 Å². The van der Waals surface area contributed by atoms with Crippen molar-refractivity contribution in [2.24, 2.45) is 0 Å². The fourth-order valence-electron chi connectivity index (χ4n) is 3.43. The second-order valence-corrected chi connectivity index (χ2v) is 7.14. The molecule has 5 nitrogen and oxygen atoms in total. The molecule has 3 aromatic rings. The standard InChI is InChI=1S/C21H20ClN3O2/c22-18-4-2-1-3-17(18)14-25-12-11-24(10-8-20(25)26)21(27)16-6-5-15-7-9-23-19(15)13-16/h1-7,9,13,23H,8,10-12,14H2. The number of aromatic amines is 1. The van der Waals surface area contributed by atoms with Gasteiger partial charge in [-0.15, -0.1) is 0 Å². The minimum Gasteiger partial charge on any atom is -0.361 e. The van der Waals surface area contributed by atoms with E-state index in [9.17, 15) is 9.59 Å². The maximum atomic E-state index is 12.9. The van der Waals surface area contributed by atoms with Gasteiger partial charge in [0.2, 0.25) is 5.91 Å². The lowest BCUT2D eigenvalue weighted by atomic mass is 10.1. The third-order valence-corrected chi connectivity index (χ3v) is 5.37. The van der Waals surface area contributed by atoms with Crippen molar-refractivity contribution in [1.82, 2.24) is 14.8 Å². The minimum atomic E-state index is -0.0427. The Morgan fingerprint density at radius 3 is 2.78 bits per heavy atom. The lowest BCUT2D eigenvalue weighted by Crippen LogP contribution is -2.35. The SMILES string of the molecule is O=C1CCN(C(=O)c2ccc3cc[nH]c3c2)CCN1Cc1ccccc1Cl. The highest BCUT2D eigenvalue weighted by molar-refractivity contribution is 6.31. The Kier molecular flexibility index (Phi) is 4.86. The van der Waals surface area contributed by atoms with Crippen LogP contribution < -0.4 is 0 Å². The summed E-state index contributed by atoms with van der Waals surface area (Å²) in [7, 11) is 0. The highest BCUT2D eigenvalue weighted by atomic mass is 35.5. The number of rotatable bonds is 3. The Labute approximate surface area is 162 Å². The summed E-state index contributed by atoms with van der Waals surface area (Å²) in [5.74, 6) is 0.00364. The van der Waals surface area contributed by atoms with Crippen molar-refractivity contribution >= 4 is 34.3 Å². The van der Waals surface area contributed by atoms with E-state index in [0.717, 1.165) is 16.5 Å². The quantitative estimate of drug-likeness (QED) is 0.752. The number of hydrogen-bond acceptors (Lipinski definition) is 2. The smallest absolute Gasteiger partial charge is 0.254 e. The number of fused-ring (bicyclic) bond motifs is 1. The first-order valence-electron chi connectivity index (χ1n) is 8.99. The van der Waals surface area contributed by atoms with Crippen molar-refractivity contribution in [3.05, 3.63) is 70.9 Å². The van der Waals surface area contributed by atoms with Gasteiger partial charge in [-0.3, -0.25) is 9.59 Å². The topological polar surface area (TPSA) is 56.4 Å². The van der Waals surface area contributed by atoms with Gasteiger partial charge in [0.25, 0.3) is 5.91 Å². The van der Waals surface area contributed by atoms with Crippen molar-refractivity contribution in [2.75, 3.05) is 19.6 Å². The molecule has 138 valence electrons. The number of benzene rings is 2. The van der Waals surface area contributed by atoms with Gasteiger partial charge in [0.1, 0.15) is 0 Å². The minimum absolute atomic E-state index is 0.0427. The van der Waals surface area contributed by atoms with Gasteiger partial charge < -0.3 is 14.8 Å². The predicted octanol–water partition coefficient (Wildman–Crippen LogP) is 3.70. The molecule has 4 rings (SSSR count). The molecule has 2 aromatic carbocycles. The zero-order chi connectivity index (χ0) is 18.8. The van der Waals surface area contributed by atoms with E-state index in [4.69, 9.17) is 11.6 Å². The summed E-state index contributed by atoms with van der Waals surface area (Å²) >= 11 is 6.22. The van der Waals surface area contributed by atoms with Crippen molar-refractivity contribution in [3.8, 4) is 0 Å². The van der Waals surface area contributed by atoms with Crippen molar-refractivity contribution < 1.29 is 9.59 Å². The third-order valence-electron chi connectivity index (χ3n) is 5.00. The number of carbonyl (C=O) groups excluding carboxylic acids is 2. The molecule has 0 aliphatic carbocycles. The molecule has 0 bridgehead atoms. The molecule has 1 N–H and O–H groups in total. The van der Waals surface area contributed by atoms with Crippen LogP contribution in [0, 0.1) is 0 Å². The van der Waals surface area contributed by atoms with Crippen molar-refractivity contribution in [3.63, 3.8) is 0 Å². The molecule has 6 heteroatoms. The Morgan fingerprint density at radius 2 is 1.93 bits per heavy atom. The summed E-state index contributed by atoms with van der Waals surface area (Å²) in [6.07, 6.45) is 2.18. The van der Waals surface area contributed by atoms with Crippen LogP contribution in [0.3, 0.4) is 0 Å². The fraction of sp³-hybridized carbons (Fsp3) is 0.238. The van der Waals surface area contributed by atoms with Crippen LogP contribution in [0.2, 0.25) is 5.02 Å². The van der Waals surface area contributed by atoms with Crippen LogP contribution in [-0.2, 0) is 11.3 Å². The van der Waals surface area contributed by atoms with Gasteiger partial charge in [-0.25, -0.2) is 0 Å². The highest BCUT2D eigenvalue weighted by Gasteiger charge is 2.25. The number of aromatic nitrogens is 1. The predicted molar refractivity (Wildman–Crippen MR) is 106 cm³/mol. The lowest BCUT2D eigenvalue weighted by molar-refractivity contribution is -0.130. The molecule has 27 heavy (non-hydrogen) atoms. The Hall–Kier alpha value is -2.79. The monoisotopic (exact) mass is 381 g/mol. The molecule has 2 amide bonds. The molecule has 0 atom stereocenters. The van der Waals surface area contributed by atoms with Gasteiger partial charge in [-0.1, -0.05) is 35.9 Å². The molecule has 1 aromatic heterocycles. The molecule has 0 radical (unpaired) electrons. The van der Waals surface area contributed by atoms with Gasteiger partial charge in [0.15, 0.2) is 0 Å². The second-order valence-electron chi connectivity index (χ2n) is 6.73. The summed E-state index contributed by atoms with van der Waals surface area (Å²) in [6.45, 7) is 1.91. The molecule has 0 spiro atoms. The highest BCUT2D eigenvalue weighted by Crippen LogP contribution is 2.20. The van der Waals surface area contributed by atoms with E-state index in [2.05, 4.69) is 4.98 Å². The summed E-state index contributed by atoms with van der Waals surface area (Å²) in [6, 6.07) is 15.2. The van der Waals surface area contributed by atoms with Crippen molar-refractivity contribution in [1.29, 1.82) is 0 Å². The molecule has 2 heterocycles. The molecule has 1 aliphatic rings. The average molecular weight is 382 g/mol. The van der Waals surface area contributed by atoms with Crippen LogP contribution in [0.1, 0.15) is 22.3 Å². The summed E-state index contributed by atoms with van der Waals surface area (Å²) < 4.78 is 0. The van der Waals surface area contributed by atoms with Crippen LogP contribution in [-0.4, -0.2) is 46.2 Å². The number of amides is 2. The normalized spacial score (nSPS) is 15.2. The summed E-state index contributed by atoms with van der Waals surface area (Å²) in [4.78, 5) is 32.1. The molecule has 0 unspecified atom stereocenters. The molecular formula is C21H20ClN3O2. The Balaban J connectivity index is 1.47. The van der Waals surface area contributed by atoms with E-state index in [1.54, 1.807) is 9.80 Å². The molecular weight excluding hydrogens is 362 g/mol. The van der Waals surface area contributed by atoms with Crippen LogP contribution >= 0.6 is 11.6 Å². The van der Waals surface area contributed by atoms with Crippen molar-refractivity contribution in [2.45, 2.75) is 13.0 Å². The van der Waals surface area contributed by atoms with Gasteiger partial charge in [-0.05, 0) is 35.2 Å². The van der Waals surface area contributed by atoms with E-state index in [0.29, 0.717) is 43.2 Å². The maximum Gasteiger partial charge on any atom is 0.254 e. The van der Waals surface area contributed by atoms with Crippen LogP contribution in [0.15, 0.2) is 54.7 Å². The van der Waals surface area contributed by atoms with Gasteiger partial charge in [-0.2, -0.15) is 0 Å². The van der Waals surface area contributed by atoms with E-state index in [-0.39, 0.29) is 11.8 Å². The van der Waals surface area contributed by atoms with Gasteiger partial charge in [0, 0.05) is 54.9 Å². The first-order chi connectivity index (χ1) is 13.1. The zero-order valence-electron chi connectivity index (χ0n) is 14.8. The van der Waals surface area contributed by atoms with Gasteiger partial charge >= 0.3 is 0 Å². The molecule has 1 saturated heterocycles. The van der Waals surface area contributed by atoms with E-state index < -0.39 is 0 Å².